The normalized spacial score (nSPS) is 18.8. The smallest absolute Gasteiger partial charge is 0.169 e. The number of nitrogens with one attached hydrogen (secondary N) is 1. The first-order valence-corrected chi connectivity index (χ1v) is 6.60. The standard InChI is InChI=1S/C12H24N2OS/c1-4-12(5-2)6-8-14(10-12)11(16)13-7-9-15-3/h4-10H2,1-3H3,(H,13,16). The fourth-order valence-electron chi connectivity index (χ4n) is 2.31. The Morgan fingerprint density at radius 1 is 1.44 bits per heavy atom. The van der Waals surface area contributed by atoms with Gasteiger partial charge in [-0.3, -0.25) is 0 Å². The number of ether oxygens (including phenoxy) is 1. The molecule has 1 fully saturated rings. The molecule has 0 spiro atoms. The van der Waals surface area contributed by atoms with Crippen molar-refractivity contribution >= 4 is 17.3 Å². The zero-order chi connectivity index (χ0) is 12.0. The molecule has 0 atom stereocenters. The van der Waals surface area contributed by atoms with Crippen LogP contribution >= 0.6 is 12.2 Å². The summed E-state index contributed by atoms with van der Waals surface area (Å²) in [6.07, 6.45) is 3.77. The van der Waals surface area contributed by atoms with E-state index in [1.807, 2.05) is 0 Å². The van der Waals surface area contributed by atoms with E-state index in [2.05, 4.69) is 24.1 Å². The van der Waals surface area contributed by atoms with Crippen LogP contribution in [0.15, 0.2) is 0 Å². The molecule has 1 heterocycles. The van der Waals surface area contributed by atoms with Gasteiger partial charge in [-0.1, -0.05) is 13.8 Å². The van der Waals surface area contributed by atoms with Crippen molar-refractivity contribution in [2.45, 2.75) is 33.1 Å². The molecule has 0 amide bonds. The SMILES string of the molecule is CCC1(CC)CCN(C(=S)NCCOC)C1. The highest BCUT2D eigenvalue weighted by Gasteiger charge is 2.35. The third-order valence-corrected chi connectivity index (χ3v) is 4.21. The number of thiocarbonyl (C=S) groups is 1. The highest BCUT2D eigenvalue weighted by Crippen LogP contribution is 2.36. The van der Waals surface area contributed by atoms with E-state index < -0.39 is 0 Å². The second-order valence-corrected chi connectivity index (χ2v) is 4.99. The second-order valence-electron chi connectivity index (χ2n) is 4.60. The number of likely N-dealkylation sites (tertiary alicyclic amines) is 1. The van der Waals surface area contributed by atoms with Crippen LogP contribution in [0, 0.1) is 5.41 Å². The lowest BCUT2D eigenvalue weighted by molar-refractivity contribution is 0.203. The average Bonchev–Trinajstić information content (AvgIpc) is 2.74. The molecule has 0 aliphatic carbocycles. The van der Waals surface area contributed by atoms with Gasteiger partial charge in [-0.25, -0.2) is 0 Å². The maximum Gasteiger partial charge on any atom is 0.169 e. The Morgan fingerprint density at radius 3 is 2.62 bits per heavy atom. The van der Waals surface area contributed by atoms with Gasteiger partial charge in [-0.15, -0.1) is 0 Å². The van der Waals surface area contributed by atoms with Crippen LogP contribution in [0.2, 0.25) is 0 Å². The van der Waals surface area contributed by atoms with Gasteiger partial charge in [0.1, 0.15) is 0 Å². The molecule has 1 rings (SSSR count). The predicted molar refractivity (Wildman–Crippen MR) is 71.7 cm³/mol. The average molecular weight is 244 g/mol. The number of methoxy groups -OCH3 is 1. The van der Waals surface area contributed by atoms with Crippen molar-refractivity contribution in [2.75, 3.05) is 33.4 Å². The fourth-order valence-corrected chi connectivity index (χ4v) is 2.57. The summed E-state index contributed by atoms with van der Waals surface area (Å²) in [5, 5.41) is 4.13. The molecule has 1 N–H and O–H groups in total. The Hall–Kier alpha value is -0.350. The zero-order valence-corrected chi connectivity index (χ0v) is 11.5. The molecule has 1 aliphatic heterocycles. The second kappa shape index (κ2) is 6.40. The summed E-state index contributed by atoms with van der Waals surface area (Å²) in [5.41, 5.74) is 0.493. The molecular weight excluding hydrogens is 220 g/mol. The van der Waals surface area contributed by atoms with E-state index in [0.29, 0.717) is 12.0 Å². The molecule has 0 aromatic heterocycles. The van der Waals surface area contributed by atoms with Crippen LogP contribution in [-0.4, -0.2) is 43.4 Å². The van der Waals surface area contributed by atoms with Crippen LogP contribution in [0.4, 0.5) is 0 Å². The minimum absolute atomic E-state index is 0.493. The number of hydrogen-bond acceptors (Lipinski definition) is 2. The van der Waals surface area contributed by atoms with Gasteiger partial charge < -0.3 is 15.0 Å². The zero-order valence-electron chi connectivity index (χ0n) is 10.7. The summed E-state index contributed by atoms with van der Waals surface area (Å²) in [5.74, 6) is 0. The Bertz CT molecular complexity index is 229. The van der Waals surface area contributed by atoms with Crippen molar-refractivity contribution in [2.24, 2.45) is 5.41 Å². The first-order chi connectivity index (χ1) is 7.67. The highest BCUT2D eigenvalue weighted by molar-refractivity contribution is 7.80. The molecule has 1 saturated heterocycles. The Kier molecular flexibility index (Phi) is 5.49. The van der Waals surface area contributed by atoms with E-state index in [-0.39, 0.29) is 0 Å². The van der Waals surface area contributed by atoms with Gasteiger partial charge in [0, 0.05) is 26.7 Å². The van der Waals surface area contributed by atoms with E-state index in [9.17, 15) is 0 Å². The van der Waals surface area contributed by atoms with Crippen LogP contribution in [-0.2, 0) is 4.74 Å². The molecule has 0 aromatic carbocycles. The molecule has 0 unspecified atom stereocenters. The summed E-state index contributed by atoms with van der Waals surface area (Å²) < 4.78 is 5.00. The topological polar surface area (TPSA) is 24.5 Å². The van der Waals surface area contributed by atoms with Crippen LogP contribution in [0.1, 0.15) is 33.1 Å². The maximum atomic E-state index is 5.38. The third kappa shape index (κ3) is 3.32. The van der Waals surface area contributed by atoms with Gasteiger partial charge in [0.2, 0.25) is 0 Å². The molecule has 0 saturated carbocycles. The van der Waals surface area contributed by atoms with Crippen LogP contribution < -0.4 is 5.32 Å². The summed E-state index contributed by atoms with van der Waals surface area (Å²) in [6, 6.07) is 0. The van der Waals surface area contributed by atoms with E-state index in [1.165, 1.54) is 19.3 Å². The molecule has 1 aliphatic rings. The summed E-state index contributed by atoms with van der Waals surface area (Å²) in [6.45, 7) is 8.29. The van der Waals surface area contributed by atoms with E-state index in [1.54, 1.807) is 7.11 Å². The summed E-state index contributed by atoms with van der Waals surface area (Å²) >= 11 is 5.38. The van der Waals surface area contributed by atoms with Gasteiger partial charge in [-0.2, -0.15) is 0 Å². The van der Waals surface area contributed by atoms with Crippen molar-refractivity contribution in [3.05, 3.63) is 0 Å². The lowest BCUT2D eigenvalue weighted by Crippen LogP contribution is -2.40. The maximum absolute atomic E-state index is 5.38. The van der Waals surface area contributed by atoms with Crippen molar-refractivity contribution < 1.29 is 4.74 Å². The van der Waals surface area contributed by atoms with Crippen molar-refractivity contribution in [1.82, 2.24) is 10.2 Å². The molecular formula is C12H24N2OS. The molecule has 16 heavy (non-hydrogen) atoms. The van der Waals surface area contributed by atoms with Crippen molar-refractivity contribution in [1.29, 1.82) is 0 Å². The van der Waals surface area contributed by atoms with Crippen LogP contribution in [0.3, 0.4) is 0 Å². The molecule has 0 bridgehead atoms. The lowest BCUT2D eigenvalue weighted by atomic mass is 9.82. The number of hydrogen-bond donors (Lipinski definition) is 1. The molecule has 0 radical (unpaired) electrons. The lowest BCUT2D eigenvalue weighted by Gasteiger charge is -2.27. The largest absolute Gasteiger partial charge is 0.383 e. The van der Waals surface area contributed by atoms with E-state index in [4.69, 9.17) is 17.0 Å². The number of nitrogens with zero attached hydrogens (tertiary/aromatic N) is 1. The molecule has 94 valence electrons. The molecule has 4 heteroatoms. The van der Waals surface area contributed by atoms with Gasteiger partial charge in [0.15, 0.2) is 5.11 Å². The minimum atomic E-state index is 0.493. The summed E-state index contributed by atoms with van der Waals surface area (Å²) in [7, 11) is 1.71. The Morgan fingerprint density at radius 2 is 2.12 bits per heavy atom. The first-order valence-electron chi connectivity index (χ1n) is 6.19. The Balaban J connectivity index is 2.37. The third-order valence-electron chi connectivity index (χ3n) is 3.81. The highest BCUT2D eigenvalue weighted by atomic mass is 32.1. The van der Waals surface area contributed by atoms with Crippen LogP contribution in [0.5, 0.6) is 0 Å². The van der Waals surface area contributed by atoms with Gasteiger partial charge in [-0.05, 0) is 36.9 Å². The monoisotopic (exact) mass is 244 g/mol. The minimum Gasteiger partial charge on any atom is -0.383 e. The van der Waals surface area contributed by atoms with Gasteiger partial charge in [0.05, 0.1) is 6.61 Å². The molecule has 3 nitrogen and oxygen atoms in total. The molecule has 0 aromatic rings. The van der Waals surface area contributed by atoms with Gasteiger partial charge >= 0.3 is 0 Å². The van der Waals surface area contributed by atoms with Crippen molar-refractivity contribution in [3.63, 3.8) is 0 Å². The summed E-state index contributed by atoms with van der Waals surface area (Å²) in [4.78, 5) is 2.30. The predicted octanol–water partition coefficient (Wildman–Crippen LogP) is 2.02. The fraction of sp³-hybridized carbons (Fsp3) is 0.917. The van der Waals surface area contributed by atoms with Gasteiger partial charge in [0.25, 0.3) is 0 Å². The number of rotatable bonds is 5. The first kappa shape index (κ1) is 13.7. The van der Waals surface area contributed by atoms with E-state index >= 15 is 0 Å². The van der Waals surface area contributed by atoms with Crippen molar-refractivity contribution in [3.8, 4) is 0 Å². The van der Waals surface area contributed by atoms with E-state index in [0.717, 1.165) is 24.7 Å². The quantitative estimate of drug-likeness (QED) is 0.591. The Labute approximate surface area is 105 Å². The van der Waals surface area contributed by atoms with Crippen LogP contribution in [0.25, 0.3) is 0 Å².